The molecule has 0 N–H and O–H groups in total. The van der Waals surface area contributed by atoms with Gasteiger partial charge in [-0.3, -0.25) is 4.79 Å². The molecule has 3 aromatic rings. The summed E-state index contributed by atoms with van der Waals surface area (Å²) in [4.78, 5) is 24.0. The molecule has 148 valence electrons. The number of hydrogen-bond donors (Lipinski definition) is 0. The first-order valence-corrected chi connectivity index (χ1v) is 10.3. The lowest BCUT2D eigenvalue weighted by Gasteiger charge is -2.33. The van der Waals surface area contributed by atoms with Crippen molar-refractivity contribution in [3.8, 4) is 11.1 Å². The molecule has 0 spiro atoms. The van der Waals surface area contributed by atoms with Crippen molar-refractivity contribution in [2.24, 2.45) is 0 Å². The highest BCUT2D eigenvalue weighted by atomic mass is 35.5. The Balaban J connectivity index is 1.64. The molecule has 1 aliphatic heterocycles. The van der Waals surface area contributed by atoms with Crippen molar-refractivity contribution in [1.82, 2.24) is 14.9 Å². The monoisotopic (exact) mass is 405 g/mol. The highest BCUT2D eigenvalue weighted by Crippen LogP contribution is 2.36. The zero-order valence-electron chi connectivity index (χ0n) is 16.7. The lowest BCUT2D eigenvalue weighted by Crippen LogP contribution is -2.39. The van der Waals surface area contributed by atoms with Gasteiger partial charge in [0.25, 0.3) is 5.91 Å². The van der Waals surface area contributed by atoms with E-state index in [0.29, 0.717) is 11.6 Å². The van der Waals surface area contributed by atoms with Crippen LogP contribution in [0.4, 0.5) is 0 Å². The van der Waals surface area contributed by atoms with E-state index in [1.807, 2.05) is 67.4 Å². The molecule has 1 atom stereocenters. The largest absolute Gasteiger partial charge is 0.338 e. The average Bonchev–Trinajstić information content (AvgIpc) is 2.75. The maximum Gasteiger partial charge on any atom is 0.254 e. The number of carbonyl (C=O) groups excluding carboxylic acids is 1. The summed E-state index contributed by atoms with van der Waals surface area (Å²) < 4.78 is 0. The fraction of sp³-hybridized carbons (Fsp3) is 0.292. The molecule has 1 saturated heterocycles. The van der Waals surface area contributed by atoms with Gasteiger partial charge >= 0.3 is 0 Å². The summed E-state index contributed by atoms with van der Waals surface area (Å²) in [5.74, 6) is 0.260. The quantitative estimate of drug-likeness (QED) is 0.583. The Morgan fingerprint density at radius 1 is 1.14 bits per heavy atom. The summed E-state index contributed by atoms with van der Waals surface area (Å²) in [7, 11) is 0. The van der Waals surface area contributed by atoms with Crippen molar-refractivity contribution in [2.75, 3.05) is 13.1 Å². The predicted molar refractivity (Wildman–Crippen MR) is 116 cm³/mol. The Morgan fingerprint density at radius 2 is 1.97 bits per heavy atom. The molecular weight excluding hydrogens is 382 g/mol. The van der Waals surface area contributed by atoms with E-state index in [9.17, 15) is 4.79 Å². The number of piperidine rings is 1. The van der Waals surface area contributed by atoms with E-state index in [2.05, 4.69) is 9.97 Å². The zero-order chi connectivity index (χ0) is 20.4. The van der Waals surface area contributed by atoms with Crippen LogP contribution in [0.5, 0.6) is 0 Å². The van der Waals surface area contributed by atoms with Crippen LogP contribution in [-0.2, 0) is 0 Å². The molecule has 1 fully saturated rings. The minimum atomic E-state index is 0.101. The van der Waals surface area contributed by atoms with Gasteiger partial charge in [-0.15, -0.1) is 0 Å². The lowest BCUT2D eigenvalue weighted by atomic mass is 9.89. The summed E-state index contributed by atoms with van der Waals surface area (Å²) >= 11 is 6.44. The molecule has 0 bridgehead atoms. The molecule has 4 rings (SSSR count). The number of likely N-dealkylation sites (tertiary alicyclic amines) is 1. The maximum atomic E-state index is 13.2. The molecule has 1 aromatic heterocycles. The van der Waals surface area contributed by atoms with Gasteiger partial charge in [0.2, 0.25) is 0 Å². The number of amides is 1. The first kappa shape index (κ1) is 19.6. The smallest absolute Gasteiger partial charge is 0.254 e. The molecule has 1 aliphatic rings. The van der Waals surface area contributed by atoms with Crippen LogP contribution in [0.1, 0.15) is 45.9 Å². The second-order valence-corrected chi connectivity index (χ2v) is 8.12. The van der Waals surface area contributed by atoms with E-state index in [1.165, 1.54) is 0 Å². The highest BCUT2D eigenvalue weighted by molar-refractivity contribution is 6.33. The fourth-order valence-electron chi connectivity index (χ4n) is 4.07. The number of nitrogens with zero attached hydrogens (tertiary/aromatic N) is 3. The van der Waals surface area contributed by atoms with Crippen LogP contribution in [0, 0.1) is 13.8 Å². The number of carbonyl (C=O) groups is 1. The summed E-state index contributed by atoms with van der Waals surface area (Å²) in [6.07, 6.45) is 5.36. The second kappa shape index (κ2) is 8.34. The van der Waals surface area contributed by atoms with Gasteiger partial charge in [0, 0.05) is 46.9 Å². The molecule has 0 saturated carbocycles. The molecule has 4 nitrogen and oxygen atoms in total. The predicted octanol–water partition coefficient (Wildman–Crippen LogP) is 5.43. The van der Waals surface area contributed by atoms with Gasteiger partial charge in [-0.25, -0.2) is 9.97 Å². The van der Waals surface area contributed by atoms with Gasteiger partial charge in [-0.05, 0) is 44.4 Å². The zero-order valence-corrected chi connectivity index (χ0v) is 17.5. The van der Waals surface area contributed by atoms with Crippen LogP contribution in [0.3, 0.4) is 0 Å². The van der Waals surface area contributed by atoms with Gasteiger partial charge in [0.1, 0.15) is 6.33 Å². The maximum absolute atomic E-state index is 13.2. The number of halogens is 1. The number of aryl methyl sites for hydroxylation is 2. The van der Waals surface area contributed by atoms with Crippen molar-refractivity contribution < 1.29 is 4.79 Å². The van der Waals surface area contributed by atoms with Gasteiger partial charge in [-0.1, -0.05) is 47.5 Å². The topological polar surface area (TPSA) is 46.1 Å². The molecule has 5 heteroatoms. The third-order valence-corrected chi connectivity index (χ3v) is 5.96. The van der Waals surface area contributed by atoms with E-state index in [-0.39, 0.29) is 11.8 Å². The standard InChI is InChI=1S/C24H24ClN3O/c1-16-9-10-17(2)20(12-16)24(29)28-11-5-6-18(14-28)23-21(13-26-15-27-23)19-7-3-4-8-22(19)25/h3-4,7-10,12-13,15,18H,5-6,11,14H2,1-2H3. The molecule has 0 radical (unpaired) electrons. The third-order valence-electron chi connectivity index (χ3n) is 5.63. The summed E-state index contributed by atoms with van der Waals surface area (Å²) in [5.41, 5.74) is 5.75. The normalized spacial score (nSPS) is 16.7. The number of hydrogen-bond acceptors (Lipinski definition) is 3. The van der Waals surface area contributed by atoms with E-state index in [4.69, 9.17) is 11.6 Å². The summed E-state index contributed by atoms with van der Waals surface area (Å²) in [5, 5.41) is 0.683. The number of rotatable bonds is 3. The van der Waals surface area contributed by atoms with Crippen LogP contribution in [0.2, 0.25) is 5.02 Å². The third kappa shape index (κ3) is 4.03. The van der Waals surface area contributed by atoms with Crippen molar-refractivity contribution in [1.29, 1.82) is 0 Å². The minimum Gasteiger partial charge on any atom is -0.338 e. The van der Waals surface area contributed by atoms with E-state index < -0.39 is 0 Å². The van der Waals surface area contributed by atoms with E-state index in [1.54, 1.807) is 6.33 Å². The Labute approximate surface area is 176 Å². The highest BCUT2D eigenvalue weighted by Gasteiger charge is 2.29. The van der Waals surface area contributed by atoms with Crippen LogP contribution < -0.4 is 0 Å². The Bertz CT molecular complexity index is 1050. The van der Waals surface area contributed by atoms with Gasteiger partial charge < -0.3 is 4.90 Å². The second-order valence-electron chi connectivity index (χ2n) is 7.71. The first-order valence-electron chi connectivity index (χ1n) is 9.96. The van der Waals surface area contributed by atoms with Gasteiger partial charge in [-0.2, -0.15) is 0 Å². The van der Waals surface area contributed by atoms with Gasteiger partial charge in [0.05, 0.1) is 5.69 Å². The Hall–Kier alpha value is -2.72. The summed E-state index contributed by atoms with van der Waals surface area (Å²) in [6, 6.07) is 13.8. The van der Waals surface area contributed by atoms with Crippen LogP contribution >= 0.6 is 11.6 Å². The van der Waals surface area contributed by atoms with Crippen LogP contribution in [0.15, 0.2) is 55.0 Å². The molecular formula is C24H24ClN3O. The summed E-state index contributed by atoms with van der Waals surface area (Å²) in [6.45, 7) is 5.44. The van der Waals surface area contributed by atoms with Gasteiger partial charge in [0.15, 0.2) is 0 Å². The number of benzene rings is 2. The van der Waals surface area contributed by atoms with Crippen LogP contribution in [-0.4, -0.2) is 33.9 Å². The Kier molecular flexibility index (Phi) is 5.63. The van der Waals surface area contributed by atoms with E-state index >= 15 is 0 Å². The Morgan fingerprint density at radius 3 is 2.79 bits per heavy atom. The van der Waals surface area contributed by atoms with Crippen molar-refractivity contribution in [3.05, 3.63) is 82.4 Å². The van der Waals surface area contributed by atoms with Crippen molar-refractivity contribution in [3.63, 3.8) is 0 Å². The minimum absolute atomic E-state index is 0.101. The van der Waals surface area contributed by atoms with Crippen molar-refractivity contribution >= 4 is 17.5 Å². The average molecular weight is 406 g/mol. The molecule has 2 heterocycles. The molecule has 29 heavy (non-hydrogen) atoms. The molecule has 2 aromatic carbocycles. The SMILES string of the molecule is Cc1ccc(C)c(C(=O)N2CCCC(c3ncncc3-c3ccccc3Cl)C2)c1. The van der Waals surface area contributed by atoms with Crippen molar-refractivity contribution in [2.45, 2.75) is 32.6 Å². The van der Waals surface area contributed by atoms with Crippen LogP contribution in [0.25, 0.3) is 11.1 Å². The molecule has 1 amide bonds. The molecule has 0 aliphatic carbocycles. The molecule has 1 unspecified atom stereocenters. The fourth-order valence-corrected chi connectivity index (χ4v) is 4.31. The lowest BCUT2D eigenvalue weighted by molar-refractivity contribution is 0.0705. The van der Waals surface area contributed by atoms with E-state index in [0.717, 1.165) is 52.9 Å². The number of aromatic nitrogens is 2. The first-order chi connectivity index (χ1) is 14.0.